The highest BCUT2D eigenvalue weighted by molar-refractivity contribution is 5.86. The minimum atomic E-state index is -1.26. The summed E-state index contributed by atoms with van der Waals surface area (Å²) in [6.07, 6.45) is 2.33. The SMILES string of the molecule is C=CCc1cccc(C=NNC(=O)C(Oc2ccccc2)Oc2ccccc2)c1O. The average Bonchev–Trinajstić information content (AvgIpc) is 2.77. The van der Waals surface area contributed by atoms with Gasteiger partial charge in [0.25, 0.3) is 0 Å². The molecule has 0 aliphatic carbocycles. The molecule has 0 atom stereocenters. The van der Waals surface area contributed by atoms with Gasteiger partial charge < -0.3 is 14.6 Å². The molecule has 152 valence electrons. The van der Waals surface area contributed by atoms with Crippen molar-refractivity contribution >= 4 is 12.1 Å². The van der Waals surface area contributed by atoms with Gasteiger partial charge in [-0.15, -0.1) is 6.58 Å². The van der Waals surface area contributed by atoms with Crippen LogP contribution in [0.3, 0.4) is 0 Å². The van der Waals surface area contributed by atoms with Gasteiger partial charge in [0, 0.05) is 5.56 Å². The van der Waals surface area contributed by atoms with Gasteiger partial charge in [0.15, 0.2) is 0 Å². The van der Waals surface area contributed by atoms with Crippen LogP contribution in [0, 0.1) is 0 Å². The zero-order valence-electron chi connectivity index (χ0n) is 16.3. The number of benzene rings is 3. The van der Waals surface area contributed by atoms with Crippen LogP contribution >= 0.6 is 0 Å². The van der Waals surface area contributed by atoms with Crippen molar-refractivity contribution < 1.29 is 19.4 Å². The Bertz CT molecular complexity index is 963. The number of allylic oxidation sites excluding steroid dienone is 1. The maximum atomic E-state index is 12.6. The van der Waals surface area contributed by atoms with Crippen LogP contribution in [0.15, 0.2) is 96.6 Å². The minimum Gasteiger partial charge on any atom is -0.507 e. The molecule has 0 radical (unpaired) electrons. The molecule has 3 aromatic carbocycles. The van der Waals surface area contributed by atoms with Crippen LogP contribution in [0.2, 0.25) is 0 Å². The van der Waals surface area contributed by atoms with Crippen molar-refractivity contribution in [2.24, 2.45) is 5.10 Å². The molecular formula is C24H22N2O4. The Morgan fingerprint density at radius 1 is 0.967 bits per heavy atom. The Morgan fingerprint density at radius 2 is 1.57 bits per heavy atom. The second kappa shape index (κ2) is 10.5. The van der Waals surface area contributed by atoms with Crippen molar-refractivity contribution in [2.45, 2.75) is 12.7 Å². The zero-order valence-corrected chi connectivity index (χ0v) is 16.3. The van der Waals surface area contributed by atoms with Crippen LogP contribution in [0.25, 0.3) is 0 Å². The number of nitrogens with one attached hydrogen (secondary N) is 1. The molecule has 1 amide bonds. The number of hydrogen-bond acceptors (Lipinski definition) is 5. The summed E-state index contributed by atoms with van der Waals surface area (Å²) in [5.74, 6) is 0.452. The number of rotatable bonds is 9. The summed E-state index contributed by atoms with van der Waals surface area (Å²) >= 11 is 0. The van der Waals surface area contributed by atoms with E-state index in [-0.39, 0.29) is 5.75 Å². The van der Waals surface area contributed by atoms with Crippen LogP contribution in [-0.2, 0) is 11.2 Å². The highest BCUT2D eigenvalue weighted by Crippen LogP contribution is 2.21. The van der Waals surface area contributed by atoms with Crippen molar-refractivity contribution in [2.75, 3.05) is 0 Å². The monoisotopic (exact) mass is 402 g/mol. The number of hydrazone groups is 1. The topological polar surface area (TPSA) is 80.2 Å². The molecule has 3 aromatic rings. The first-order valence-electron chi connectivity index (χ1n) is 9.35. The molecule has 3 rings (SSSR count). The van der Waals surface area contributed by atoms with E-state index in [1.165, 1.54) is 6.21 Å². The smallest absolute Gasteiger partial charge is 0.323 e. The number of carbonyl (C=O) groups is 1. The fraction of sp³-hybridized carbons (Fsp3) is 0.0833. The number of para-hydroxylation sites is 3. The Kier molecular flexibility index (Phi) is 7.22. The molecule has 0 aliphatic rings. The Morgan fingerprint density at radius 3 is 2.13 bits per heavy atom. The maximum Gasteiger partial charge on any atom is 0.323 e. The summed E-state index contributed by atoms with van der Waals surface area (Å²) in [7, 11) is 0. The summed E-state index contributed by atoms with van der Waals surface area (Å²) in [5, 5.41) is 14.2. The average molecular weight is 402 g/mol. The van der Waals surface area contributed by atoms with E-state index < -0.39 is 12.2 Å². The maximum absolute atomic E-state index is 12.6. The largest absolute Gasteiger partial charge is 0.507 e. The normalized spacial score (nSPS) is 10.7. The number of phenolic OH excluding ortho intramolecular Hbond substituents is 1. The molecule has 0 unspecified atom stereocenters. The van der Waals surface area contributed by atoms with Crippen molar-refractivity contribution in [3.8, 4) is 17.2 Å². The van der Waals surface area contributed by atoms with E-state index in [1.807, 2.05) is 12.1 Å². The summed E-state index contributed by atoms with van der Waals surface area (Å²) in [5.41, 5.74) is 3.59. The van der Waals surface area contributed by atoms with Crippen LogP contribution in [0.5, 0.6) is 17.2 Å². The third-order valence-electron chi connectivity index (χ3n) is 4.08. The van der Waals surface area contributed by atoms with Crippen LogP contribution in [0.1, 0.15) is 11.1 Å². The summed E-state index contributed by atoms with van der Waals surface area (Å²) in [4.78, 5) is 12.6. The van der Waals surface area contributed by atoms with Crippen molar-refractivity contribution in [1.29, 1.82) is 0 Å². The number of amides is 1. The van der Waals surface area contributed by atoms with E-state index in [0.29, 0.717) is 23.5 Å². The molecular weight excluding hydrogens is 380 g/mol. The molecule has 0 aliphatic heterocycles. The Hall–Kier alpha value is -4.06. The Labute approximate surface area is 175 Å². The van der Waals surface area contributed by atoms with Gasteiger partial charge in [0.2, 0.25) is 0 Å². The molecule has 0 spiro atoms. The highest BCUT2D eigenvalue weighted by atomic mass is 16.7. The molecule has 30 heavy (non-hydrogen) atoms. The van der Waals surface area contributed by atoms with E-state index in [9.17, 15) is 9.90 Å². The number of nitrogens with zero attached hydrogens (tertiary/aromatic N) is 1. The standard InChI is InChI=1S/C24H22N2O4/c1-2-10-18-11-9-12-19(22(18)27)17-25-26-23(28)24(29-20-13-5-3-6-14-20)30-21-15-7-4-8-16-21/h2-9,11-17,24,27H,1,10H2,(H,26,28). The lowest BCUT2D eigenvalue weighted by Crippen LogP contribution is -2.40. The van der Waals surface area contributed by atoms with Gasteiger partial charge >= 0.3 is 12.2 Å². The van der Waals surface area contributed by atoms with Gasteiger partial charge in [0.1, 0.15) is 17.2 Å². The third-order valence-corrected chi connectivity index (χ3v) is 4.08. The molecule has 0 aromatic heterocycles. The lowest BCUT2D eigenvalue weighted by molar-refractivity contribution is -0.140. The van der Waals surface area contributed by atoms with Crippen LogP contribution in [0.4, 0.5) is 0 Å². The van der Waals surface area contributed by atoms with E-state index in [4.69, 9.17) is 9.47 Å². The van der Waals surface area contributed by atoms with Gasteiger partial charge in [0.05, 0.1) is 6.21 Å². The first kappa shape index (κ1) is 20.7. The van der Waals surface area contributed by atoms with E-state index in [2.05, 4.69) is 17.1 Å². The molecule has 0 saturated heterocycles. The number of hydrogen-bond donors (Lipinski definition) is 2. The van der Waals surface area contributed by atoms with E-state index in [1.54, 1.807) is 72.8 Å². The predicted octanol–water partition coefficient (Wildman–Crippen LogP) is 4.05. The van der Waals surface area contributed by atoms with E-state index >= 15 is 0 Å². The third kappa shape index (κ3) is 5.72. The lowest BCUT2D eigenvalue weighted by Gasteiger charge is -2.18. The van der Waals surface area contributed by atoms with Crippen molar-refractivity contribution in [3.63, 3.8) is 0 Å². The van der Waals surface area contributed by atoms with Gasteiger partial charge in [-0.2, -0.15) is 5.10 Å². The molecule has 6 nitrogen and oxygen atoms in total. The number of carbonyl (C=O) groups excluding carboxylic acids is 1. The summed E-state index contributed by atoms with van der Waals surface area (Å²) in [6, 6.07) is 23.0. The highest BCUT2D eigenvalue weighted by Gasteiger charge is 2.22. The molecule has 2 N–H and O–H groups in total. The van der Waals surface area contributed by atoms with Crippen LogP contribution in [-0.4, -0.2) is 23.5 Å². The minimum absolute atomic E-state index is 0.0908. The lowest BCUT2D eigenvalue weighted by atomic mass is 10.1. The second-order valence-electron chi connectivity index (χ2n) is 6.28. The molecule has 0 saturated carbocycles. The first-order chi connectivity index (χ1) is 14.7. The van der Waals surface area contributed by atoms with Crippen molar-refractivity contribution in [3.05, 3.63) is 103 Å². The molecule has 0 heterocycles. The second-order valence-corrected chi connectivity index (χ2v) is 6.28. The predicted molar refractivity (Wildman–Crippen MR) is 116 cm³/mol. The first-order valence-corrected chi connectivity index (χ1v) is 9.35. The Balaban J connectivity index is 1.72. The van der Waals surface area contributed by atoms with Gasteiger partial charge in [-0.1, -0.05) is 54.6 Å². The van der Waals surface area contributed by atoms with Gasteiger partial charge in [-0.3, -0.25) is 4.79 Å². The molecule has 0 bridgehead atoms. The fourth-order valence-electron chi connectivity index (χ4n) is 2.63. The fourth-order valence-corrected chi connectivity index (χ4v) is 2.63. The quantitative estimate of drug-likeness (QED) is 0.245. The van der Waals surface area contributed by atoms with Gasteiger partial charge in [-0.05, 0) is 42.3 Å². The summed E-state index contributed by atoms with van der Waals surface area (Å²) < 4.78 is 11.4. The number of phenols is 1. The molecule has 0 fully saturated rings. The number of ether oxygens (including phenoxy) is 2. The number of aromatic hydroxyl groups is 1. The van der Waals surface area contributed by atoms with Crippen LogP contribution < -0.4 is 14.9 Å². The van der Waals surface area contributed by atoms with E-state index in [0.717, 1.165) is 5.56 Å². The van der Waals surface area contributed by atoms with Crippen molar-refractivity contribution in [1.82, 2.24) is 5.43 Å². The summed E-state index contributed by atoms with van der Waals surface area (Å²) in [6.45, 7) is 3.67. The van der Waals surface area contributed by atoms with Gasteiger partial charge in [-0.25, -0.2) is 5.43 Å². The molecule has 6 heteroatoms. The zero-order chi connectivity index (χ0) is 21.2.